The van der Waals surface area contributed by atoms with Crippen molar-refractivity contribution in [2.75, 3.05) is 98.5 Å². The van der Waals surface area contributed by atoms with E-state index >= 15 is 0 Å². The molecule has 0 aromatic rings. The zero-order valence-corrected chi connectivity index (χ0v) is 23.9. The predicted octanol–water partition coefficient (Wildman–Crippen LogP) is 0.277. The predicted molar refractivity (Wildman–Crippen MR) is 151 cm³/mol. The van der Waals surface area contributed by atoms with E-state index in [1.807, 2.05) is 15.9 Å². The minimum atomic E-state index is -0.933. The molecule has 232 valence electrons. The molecule has 0 spiro atoms. The van der Waals surface area contributed by atoms with E-state index in [-0.39, 0.29) is 39.5 Å². The largest absolute Gasteiger partial charge is 0.480 e. The van der Waals surface area contributed by atoms with E-state index in [4.69, 9.17) is 19.7 Å². The van der Waals surface area contributed by atoms with E-state index in [0.29, 0.717) is 78.2 Å². The van der Waals surface area contributed by atoms with Crippen molar-refractivity contribution in [3.05, 3.63) is 23.8 Å². The van der Waals surface area contributed by atoms with Crippen molar-refractivity contribution in [1.29, 1.82) is 0 Å². The van der Waals surface area contributed by atoms with E-state index < -0.39 is 18.0 Å². The number of carbonyl (C=O) groups is 2. The number of β-amino-alcohol motifs (C(OH)–C–C–N with tert-alkyl or cyclic N) is 1. The fraction of sp³-hybridized carbons (Fsp3) is 0.786. The van der Waals surface area contributed by atoms with Crippen molar-refractivity contribution in [3.63, 3.8) is 0 Å². The van der Waals surface area contributed by atoms with E-state index in [0.717, 1.165) is 30.5 Å². The average Bonchev–Trinajstić information content (AvgIpc) is 2.91. The molecule has 1 atom stereocenters. The molecule has 0 bridgehead atoms. The molecule has 40 heavy (non-hydrogen) atoms. The van der Waals surface area contributed by atoms with Crippen LogP contribution in [0.1, 0.15) is 38.5 Å². The zero-order valence-electron chi connectivity index (χ0n) is 23.9. The third-order valence-electron chi connectivity index (χ3n) is 6.72. The summed E-state index contributed by atoms with van der Waals surface area (Å²) < 4.78 is 10.8. The molecular weight excluding hydrogens is 522 g/mol. The Kier molecular flexibility index (Phi) is 20.5. The molecule has 1 unspecified atom stereocenters. The van der Waals surface area contributed by atoms with Gasteiger partial charge in [0.15, 0.2) is 0 Å². The summed E-state index contributed by atoms with van der Waals surface area (Å²) in [5, 5.41) is 47.4. The topological polar surface area (TPSA) is 163 Å². The summed E-state index contributed by atoms with van der Waals surface area (Å²) in [5.41, 5.74) is 2.13. The molecule has 0 radical (unpaired) electrons. The Labute approximate surface area is 238 Å². The smallest absolute Gasteiger partial charge is 0.317 e. The Morgan fingerprint density at radius 2 is 1.32 bits per heavy atom. The highest BCUT2D eigenvalue weighted by Gasteiger charge is 2.18. The van der Waals surface area contributed by atoms with Crippen LogP contribution in [0.3, 0.4) is 0 Å². The average molecular weight is 574 g/mol. The van der Waals surface area contributed by atoms with Crippen molar-refractivity contribution in [1.82, 2.24) is 14.7 Å². The van der Waals surface area contributed by atoms with Crippen LogP contribution < -0.4 is 0 Å². The molecule has 1 fully saturated rings. The minimum Gasteiger partial charge on any atom is -0.480 e. The Balaban J connectivity index is 2.81. The second-order valence-electron chi connectivity index (χ2n) is 10.2. The van der Waals surface area contributed by atoms with Crippen LogP contribution in [0.25, 0.3) is 0 Å². The summed E-state index contributed by atoms with van der Waals surface area (Å²) in [5.74, 6) is -1.84. The van der Waals surface area contributed by atoms with Crippen LogP contribution in [-0.2, 0) is 19.1 Å². The molecule has 0 saturated carbocycles. The van der Waals surface area contributed by atoms with Gasteiger partial charge in [-0.25, -0.2) is 0 Å². The highest BCUT2D eigenvalue weighted by molar-refractivity contribution is 5.69. The molecule has 0 aliphatic carbocycles. The van der Waals surface area contributed by atoms with Gasteiger partial charge in [0.05, 0.1) is 58.8 Å². The third-order valence-corrected chi connectivity index (χ3v) is 6.72. The minimum absolute atomic E-state index is 0.0367. The van der Waals surface area contributed by atoms with E-state index in [2.05, 4.69) is 11.5 Å². The molecular formula is C28H51N3O9. The van der Waals surface area contributed by atoms with Crippen LogP contribution >= 0.6 is 0 Å². The molecule has 5 N–H and O–H groups in total. The SMILES string of the molecule is C=C1CCCN(CC(O)CC=C(CCOCCO)CCOCCO)CCN(CC(=O)O)CCN(CC(=O)O)CC1. The number of hydrogen-bond donors (Lipinski definition) is 5. The van der Waals surface area contributed by atoms with Crippen LogP contribution in [-0.4, -0.2) is 157 Å². The van der Waals surface area contributed by atoms with Crippen LogP contribution in [0.4, 0.5) is 0 Å². The van der Waals surface area contributed by atoms with Crippen LogP contribution in [0, 0.1) is 0 Å². The summed E-state index contributed by atoms with van der Waals surface area (Å²) in [6.07, 6.45) is 5.48. The van der Waals surface area contributed by atoms with Gasteiger partial charge in [-0.15, -0.1) is 0 Å². The molecule has 12 nitrogen and oxygen atoms in total. The Bertz CT molecular complexity index is 737. The second-order valence-corrected chi connectivity index (χ2v) is 10.2. The second kappa shape index (κ2) is 22.8. The number of carboxylic acids is 2. The first kappa shape index (κ1) is 36.1. The van der Waals surface area contributed by atoms with Gasteiger partial charge in [0.2, 0.25) is 0 Å². The fourth-order valence-electron chi connectivity index (χ4n) is 4.52. The monoisotopic (exact) mass is 573 g/mol. The summed E-state index contributed by atoms with van der Waals surface area (Å²) in [6, 6.07) is 0. The van der Waals surface area contributed by atoms with Crippen molar-refractivity contribution in [2.24, 2.45) is 0 Å². The van der Waals surface area contributed by atoms with Gasteiger partial charge < -0.3 is 35.0 Å². The highest BCUT2D eigenvalue weighted by Crippen LogP contribution is 2.14. The van der Waals surface area contributed by atoms with Gasteiger partial charge >= 0.3 is 11.9 Å². The Hall–Kier alpha value is -1.90. The van der Waals surface area contributed by atoms with Crippen LogP contribution in [0.5, 0.6) is 0 Å². The lowest BCUT2D eigenvalue weighted by molar-refractivity contribution is -0.140. The maximum atomic E-state index is 11.5. The molecule has 1 heterocycles. The number of aliphatic hydroxyl groups excluding tert-OH is 3. The van der Waals surface area contributed by atoms with Gasteiger partial charge in [-0.2, -0.15) is 0 Å². The number of aliphatic carboxylic acids is 2. The molecule has 1 aliphatic heterocycles. The number of nitrogens with zero attached hydrogens (tertiary/aromatic N) is 3. The maximum absolute atomic E-state index is 11.5. The van der Waals surface area contributed by atoms with Gasteiger partial charge in [0.25, 0.3) is 0 Å². The summed E-state index contributed by atoms with van der Waals surface area (Å²) in [6.45, 7) is 9.02. The van der Waals surface area contributed by atoms with Crippen LogP contribution in [0.2, 0.25) is 0 Å². The molecule has 1 rings (SSSR count). The molecule has 1 aliphatic rings. The number of hydrogen-bond acceptors (Lipinski definition) is 10. The van der Waals surface area contributed by atoms with Gasteiger partial charge in [0.1, 0.15) is 0 Å². The van der Waals surface area contributed by atoms with Gasteiger partial charge in [0, 0.05) is 39.3 Å². The third kappa shape index (κ3) is 19.2. The van der Waals surface area contributed by atoms with E-state index in [1.54, 1.807) is 0 Å². The standard InChI is InChI=1S/C28H51N3O9/c1-24-3-2-9-29(11-13-31(23-28(37)38)14-12-30(10-6-24)22-27(35)36)21-26(34)5-4-25(7-17-39-19-15-32)8-18-40-20-16-33/h4,26,32-34H,1-3,5-23H2,(H,35,36)(H,37,38). The normalized spacial score (nSPS) is 17.9. The fourth-order valence-corrected chi connectivity index (χ4v) is 4.52. The Morgan fingerprint density at radius 3 is 1.85 bits per heavy atom. The van der Waals surface area contributed by atoms with Crippen LogP contribution in [0.15, 0.2) is 23.8 Å². The number of carboxylic acid groups (broad SMARTS) is 2. The Morgan fingerprint density at radius 1 is 0.800 bits per heavy atom. The zero-order chi connectivity index (χ0) is 29.6. The van der Waals surface area contributed by atoms with E-state index in [1.165, 1.54) is 0 Å². The molecule has 1 saturated heterocycles. The highest BCUT2D eigenvalue weighted by atomic mass is 16.5. The van der Waals surface area contributed by atoms with E-state index in [9.17, 15) is 24.9 Å². The van der Waals surface area contributed by atoms with Crippen molar-refractivity contribution < 1.29 is 44.6 Å². The quantitative estimate of drug-likeness (QED) is 0.113. The van der Waals surface area contributed by atoms with Gasteiger partial charge in [-0.1, -0.05) is 23.8 Å². The number of ether oxygens (including phenoxy) is 2. The first-order valence-electron chi connectivity index (χ1n) is 14.2. The molecule has 0 aromatic carbocycles. The number of rotatable bonds is 18. The summed E-state index contributed by atoms with van der Waals surface area (Å²) in [7, 11) is 0. The first-order valence-corrected chi connectivity index (χ1v) is 14.2. The lowest BCUT2D eigenvalue weighted by Crippen LogP contribution is -2.44. The molecule has 12 heteroatoms. The van der Waals surface area contributed by atoms with Gasteiger partial charge in [-0.05, 0) is 45.1 Å². The molecule has 0 amide bonds. The van der Waals surface area contributed by atoms with Crippen molar-refractivity contribution >= 4 is 11.9 Å². The first-order chi connectivity index (χ1) is 19.2. The van der Waals surface area contributed by atoms with Gasteiger partial charge in [-0.3, -0.25) is 24.3 Å². The van der Waals surface area contributed by atoms with Crippen molar-refractivity contribution in [3.8, 4) is 0 Å². The lowest BCUT2D eigenvalue weighted by Gasteiger charge is -2.29. The summed E-state index contributed by atoms with van der Waals surface area (Å²) in [4.78, 5) is 28.6. The molecule has 0 aromatic heterocycles. The maximum Gasteiger partial charge on any atom is 0.317 e. The van der Waals surface area contributed by atoms with Crippen molar-refractivity contribution in [2.45, 2.75) is 44.6 Å². The summed E-state index contributed by atoms with van der Waals surface area (Å²) >= 11 is 0. The number of aliphatic hydroxyl groups is 3. The lowest BCUT2D eigenvalue weighted by atomic mass is 10.1.